The Morgan fingerprint density at radius 1 is 1.07 bits per heavy atom. The fourth-order valence-electron chi connectivity index (χ4n) is 4.24. The maximum Gasteiger partial charge on any atom is 0.186 e. The smallest absolute Gasteiger partial charge is 0.186 e. The molecule has 2 fully saturated rings. The van der Waals surface area contributed by atoms with Crippen LogP contribution in [0.5, 0.6) is 0 Å². The van der Waals surface area contributed by atoms with Crippen molar-refractivity contribution in [1.29, 1.82) is 5.41 Å². The Bertz CT molecular complexity index is 1110. The van der Waals surface area contributed by atoms with Crippen LogP contribution in [-0.4, -0.2) is 56.6 Å². The fourth-order valence-corrected chi connectivity index (χ4v) is 4.24. The Labute approximate surface area is 173 Å². The van der Waals surface area contributed by atoms with Crippen LogP contribution < -0.4 is 5.49 Å². The Kier molecular flexibility index (Phi) is 4.70. The van der Waals surface area contributed by atoms with Crippen LogP contribution >= 0.6 is 0 Å². The maximum atomic E-state index is 8.79. The molecule has 3 aromatic rings. The van der Waals surface area contributed by atoms with E-state index in [4.69, 9.17) is 24.4 Å². The van der Waals surface area contributed by atoms with Crippen LogP contribution in [0.3, 0.4) is 0 Å². The van der Waals surface area contributed by atoms with Crippen LogP contribution in [-0.2, 0) is 32.0 Å². The lowest BCUT2D eigenvalue weighted by Crippen LogP contribution is -2.36. The second-order valence-corrected chi connectivity index (χ2v) is 8.12. The molecule has 30 heavy (non-hydrogen) atoms. The van der Waals surface area contributed by atoms with Crippen LogP contribution in [0, 0.1) is 5.41 Å². The summed E-state index contributed by atoms with van der Waals surface area (Å²) >= 11 is 0. The predicted molar refractivity (Wildman–Crippen MR) is 106 cm³/mol. The number of methoxy groups -OCH3 is 1. The highest BCUT2D eigenvalue weighted by atomic mass is 16.8. The lowest BCUT2D eigenvalue weighted by atomic mass is 10.1. The monoisotopic (exact) mass is 411 g/mol. The maximum absolute atomic E-state index is 8.79. The lowest BCUT2D eigenvalue weighted by molar-refractivity contribution is -0.228. The van der Waals surface area contributed by atoms with E-state index in [9.17, 15) is 0 Å². The number of nitrogens with one attached hydrogen (secondary N) is 1. The SMILES string of the molecule is CO[C@@H]1O[C@H](Cn2cnc3ncn(Cc4ccccc4)c3c2=N)[C@H]2OC(C)(C)O[C@@H]12. The van der Waals surface area contributed by atoms with Gasteiger partial charge in [0.2, 0.25) is 0 Å². The number of ether oxygens (including phenoxy) is 4. The minimum atomic E-state index is -0.695. The van der Waals surface area contributed by atoms with Crippen molar-refractivity contribution in [2.75, 3.05) is 7.11 Å². The fraction of sp³-hybridized carbons (Fsp3) is 0.476. The lowest BCUT2D eigenvalue weighted by Gasteiger charge is -2.24. The van der Waals surface area contributed by atoms with E-state index in [1.54, 1.807) is 24.3 Å². The van der Waals surface area contributed by atoms with Crippen LogP contribution in [0.4, 0.5) is 0 Å². The van der Waals surface area contributed by atoms with Gasteiger partial charge in [0.15, 0.2) is 23.2 Å². The van der Waals surface area contributed by atoms with Gasteiger partial charge < -0.3 is 28.1 Å². The molecule has 2 saturated heterocycles. The summed E-state index contributed by atoms with van der Waals surface area (Å²) in [5, 5.41) is 8.79. The number of hydrogen-bond donors (Lipinski definition) is 1. The van der Waals surface area contributed by atoms with Gasteiger partial charge in [-0.3, -0.25) is 5.41 Å². The Hall–Kier alpha value is -2.59. The van der Waals surface area contributed by atoms with Crippen molar-refractivity contribution in [1.82, 2.24) is 19.1 Å². The number of aromatic nitrogens is 4. The van der Waals surface area contributed by atoms with Gasteiger partial charge in [-0.25, -0.2) is 9.97 Å². The summed E-state index contributed by atoms with van der Waals surface area (Å²) in [6.07, 6.45) is 1.96. The molecule has 4 atom stereocenters. The Balaban J connectivity index is 1.45. The molecule has 9 heteroatoms. The molecule has 0 spiro atoms. The number of rotatable bonds is 5. The van der Waals surface area contributed by atoms with E-state index in [2.05, 4.69) is 22.1 Å². The summed E-state index contributed by atoms with van der Waals surface area (Å²) in [6, 6.07) is 10.1. The van der Waals surface area contributed by atoms with Gasteiger partial charge in [0.25, 0.3) is 0 Å². The highest BCUT2D eigenvalue weighted by Gasteiger charge is 2.55. The topological polar surface area (TPSA) is 96.4 Å². The van der Waals surface area contributed by atoms with Gasteiger partial charge >= 0.3 is 0 Å². The van der Waals surface area contributed by atoms with E-state index < -0.39 is 12.1 Å². The third-order valence-electron chi connectivity index (χ3n) is 5.56. The van der Waals surface area contributed by atoms with Crippen LogP contribution in [0.15, 0.2) is 43.0 Å². The molecule has 2 aliphatic rings. The van der Waals surface area contributed by atoms with E-state index in [1.807, 2.05) is 36.6 Å². The first-order valence-electron chi connectivity index (χ1n) is 9.98. The Morgan fingerprint density at radius 2 is 1.77 bits per heavy atom. The van der Waals surface area contributed by atoms with Gasteiger partial charge in [-0.2, -0.15) is 0 Å². The molecule has 0 saturated carbocycles. The molecule has 0 unspecified atom stereocenters. The zero-order valence-electron chi connectivity index (χ0n) is 17.2. The highest BCUT2D eigenvalue weighted by molar-refractivity contribution is 5.68. The quantitative estimate of drug-likeness (QED) is 0.686. The summed E-state index contributed by atoms with van der Waals surface area (Å²) in [6.45, 7) is 4.79. The third-order valence-corrected chi connectivity index (χ3v) is 5.56. The van der Waals surface area contributed by atoms with E-state index in [-0.39, 0.29) is 18.3 Å². The zero-order chi connectivity index (χ0) is 20.9. The molecule has 2 aromatic heterocycles. The molecule has 5 rings (SSSR count). The van der Waals surface area contributed by atoms with Gasteiger partial charge in [0.1, 0.15) is 23.8 Å². The van der Waals surface area contributed by atoms with Crippen molar-refractivity contribution in [3.05, 3.63) is 54.0 Å². The molecule has 158 valence electrons. The van der Waals surface area contributed by atoms with E-state index in [1.165, 1.54) is 0 Å². The molecular weight excluding hydrogens is 386 g/mol. The third kappa shape index (κ3) is 3.33. The summed E-state index contributed by atoms with van der Waals surface area (Å²) in [5.74, 6) is -0.695. The van der Waals surface area contributed by atoms with Crippen molar-refractivity contribution >= 4 is 11.2 Å². The molecule has 0 radical (unpaired) electrons. The summed E-state index contributed by atoms with van der Waals surface area (Å²) in [5.41, 5.74) is 2.69. The largest absolute Gasteiger partial charge is 0.353 e. The van der Waals surface area contributed by atoms with E-state index in [0.29, 0.717) is 29.7 Å². The minimum absolute atomic E-state index is 0.276. The second-order valence-electron chi connectivity index (χ2n) is 8.12. The van der Waals surface area contributed by atoms with Crippen molar-refractivity contribution in [2.24, 2.45) is 0 Å². The van der Waals surface area contributed by atoms with Crippen LogP contribution in [0.1, 0.15) is 19.4 Å². The zero-order valence-corrected chi connectivity index (χ0v) is 17.2. The van der Waals surface area contributed by atoms with Crippen LogP contribution in [0.2, 0.25) is 0 Å². The van der Waals surface area contributed by atoms with Gasteiger partial charge in [-0.1, -0.05) is 30.3 Å². The highest BCUT2D eigenvalue weighted by Crippen LogP contribution is 2.39. The molecule has 0 aliphatic carbocycles. The summed E-state index contributed by atoms with van der Waals surface area (Å²) in [4.78, 5) is 8.82. The molecule has 0 bridgehead atoms. The number of imidazole rings is 1. The first-order chi connectivity index (χ1) is 14.4. The molecule has 1 aromatic carbocycles. The first-order valence-corrected chi connectivity index (χ1v) is 9.98. The first kappa shape index (κ1) is 19.4. The molecule has 1 N–H and O–H groups in total. The average molecular weight is 411 g/mol. The number of hydrogen-bond acceptors (Lipinski definition) is 7. The van der Waals surface area contributed by atoms with Crippen molar-refractivity contribution in [2.45, 2.75) is 57.3 Å². The van der Waals surface area contributed by atoms with Gasteiger partial charge in [0, 0.05) is 13.7 Å². The van der Waals surface area contributed by atoms with Crippen molar-refractivity contribution in [3.63, 3.8) is 0 Å². The molecule has 0 amide bonds. The van der Waals surface area contributed by atoms with E-state index >= 15 is 0 Å². The summed E-state index contributed by atoms with van der Waals surface area (Å²) < 4.78 is 27.2. The minimum Gasteiger partial charge on any atom is -0.353 e. The number of benzene rings is 1. The molecule has 2 aliphatic heterocycles. The van der Waals surface area contributed by atoms with Gasteiger partial charge in [-0.05, 0) is 19.4 Å². The summed E-state index contributed by atoms with van der Waals surface area (Å²) in [7, 11) is 1.59. The molecular formula is C21H25N5O4. The Morgan fingerprint density at radius 3 is 2.50 bits per heavy atom. The van der Waals surface area contributed by atoms with Crippen molar-refractivity contribution < 1.29 is 18.9 Å². The molecule has 4 heterocycles. The predicted octanol–water partition coefficient (Wildman–Crippen LogP) is 1.65. The average Bonchev–Trinajstić information content (AvgIpc) is 3.37. The number of fused-ring (bicyclic) bond motifs is 2. The number of nitrogens with zero attached hydrogens (tertiary/aromatic N) is 4. The standard InChI is InChI=1S/C21H25N5O4/c1-21(2)29-16-14(28-20(27-3)17(16)30-21)10-26-12-24-19-15(18(26)22)25(11-23-19)9-13-7-5-4-6-8-13/h4-8,11-12,14,16-17,20,22H,9-10H2,1-3H3/t14-,16-,17-,20-/m1/s1. The van der Waals surface area contributed by atoms with Crippen molar-refractivity contribution in [3.8, 4) is 0 Å². The van der Waals surface area contributed by atoms with Crippen LogP contribution in [0.25, 0.3) is 11.2 Å². The normalized spacial score (nSPS) is 27.6. The van der Waals surface area contributed by atoms with Gasteiger partial charge in [-0.15, -0.1) is 0 Å². The van der Waals surface area contributed by atoms with E-state index in [0.717, 1.165) is 5.56 Å². The molecule has 9 nitrogen and oxygen atoms in total. The van der Waals surface area contributed by atoms with Gasteiger partial charge in [0.05, 0.1) is 19.2 Å². The second kappa shape index (κ2) is 7.28.